The Morgan fingerprint density at radius 1 is 1.12 bits per heavy atom. The molecule has 1 aromatic heterocycles. The number of benzene rings is 1. The van der Waals surface area contributed by atoms with Crippen molar-refractivity contribution in [1.82, 2.24) is 14.8 Å². The minimum atomic E-state index is -3.01. The highest BCUT2D eigenvalue weighted by atomic mass is 32.2. The van der Waals surface area contributed by atoms with Crippen molar-refractivity contribution >= 4 is 26.6 Å². The number of hydrogen-bond donors (Lipinski definition) is 1. The number of sulfone groups is 1. The number of likely N-dealkylation sites (tertiary alicyclic amines) is 1. The van der Waals surface area contributed by atoms with Gasteiger partial charge in [-0.05, 0) is 74.9 Å². The van der Waals surface area contributed by atoms with E-state index in [1.54, 1.807) is 7.11 Å². The number of methoxy groups -OCH3 is 1. The zero-order chi connectivity index (χ0) is 23.0. The Kier molecular flexibility index (Phi) is 6.40. The molecule has 3 heterocycles. The van der Waals surface area contributed by atoms with Crippen LogP contribution in [0.3, 0.4) is 0 Å². The summed E-state index contributed by atoms with van der Waals surface area (Å²) >= 11 is 0. The molecule has 7 nitrogen and oxygen atoms in total. The first-order valence-electron chi connectivity index (χ1n) is 12.3. The minimum Gasteiger partial charge on any atom is -0.497 e. The smallest absolute Gasteiger partial charge is 0.237 e. The lowest BCUT2D eigenvalue weighted by molar-refractivity contribution is -0.137. The molecule has 1 atom stereocenters. The second-order valence-electron chi connectivity index (χ2n) is 10.0. The molecule has 5 rings (SSSR count). The molecule has 1 aromatic carbocycles. The quantitative estimate of drug-likeness (QED) is 0.696. The van der Waals surface area contributed by atoms with Gasteiger partial charge in [-0.3, -0.25) is 9.69 Å². The van der Waals surface area contributed by atoms with Gasteiger partial charge in [-0.15, -0.1) is 0 Å². The molecule has 1 N–H and O–H groups in total. The number of nitrogens with zero attached hydrogens (tertiary/aromatic N) is 2. The minimum absolute atomic E-state index is 0.124. The van der Waals surface area contributed by atoms with Gasteiger partial charge in [0, 0.05) is 29.2 Å². The van der Waals surface area contributed by atoms with Gasteiger partial charge in [0.2, 0.25) is 5.91 Å². The summed E-state index contributed by atoms with van der Waals surface area (Å²) in [7, 11) is -1.32. The highest BCUT2D eigenvalue weighted by Crippen LogP contribution is 2.35. The van der Waals surface area contributed by atoms with Gasteiger partial charge in [0.15, 0.2) is 9.84 Å². The second-order valence-corrected chi connectivity index (χ2v) is 12.2. The van der Waals surface area contributed by atoms with E-state index >= 15 is 0 Å². The third-order valence-electron chi connectivity index (χ3n) is 7.92. The number of piperidine rings is 1. The first-order valence-corrected chi connectivity index (χ1v) is 14.1. The highest BCUT2D eigenvalue weighted by molar-refractivity contribution is 7.91. The van der Waals surface area contributed by atoms with Crippen LogP contribution in [-0.2, 0) is 14.6 Å². The standard InChI is InChI=1S/C25H35N3O4S/c1-32-21-6-7-24-22(14-21)23(15-26-24)18-8-11-27(12-9-18)16-25(29)28(19-4-2-3-5-19)20-10-13-33(30,31)17-20/h6-7,14-15,18-20,26H,2-5,8-13,16-17H2,1H3. The predicted octanol–water partition coefficient (Wildman–Crippen LogP) is 3.31. The highest BCUT2D eigenvalue weighted by Gasteiger charge is 2.39. The van der Waals surface area contributed by atoms with E-state index in [-0.39, 0.29) is 29.5 Å². The topological polar surface area (TPSA) is 82.7 Å². The van der Waals surface area contributed by atoms with Gasteiger partial charge >= 0.3 is 0 Å². The molecule has 1 saturated carbocycles. The van der Waals surface area contributed by atoms with E-state index in [2.05, 4.69) is 28.2 Å². The first kappa shape index (κ1) is 22.7. The Bertz CT molecular complexity index is 1100. The fraction of sp³-hybridized carbons (Fsp3) is 0.640. The van der Waals surface area contributed by atoms with Crippen LogP contribution in [0.15, 0.2) is 24.4 Å². The van der Waals surface area contributed by atoms with Crippen molar-refractivity contribution in [3.05, 3.63) is 30.0 Å². The summed E-state index contributed by atoms with van der Waals surface area (Å²) in [6.45, 7) is 2.17. The summed E-state index contributed by atoms with van der Waals surface area (Å²) in [6.07, 6.45) is 9.03. The van der Waals surface area contributed by atoms with E-state index in [1.807, 2.05) is 11.0 Å². The Balaban J connectivity index is 1.23. The van der Waals surface area contributed by atoms with Gasteiger partial charge in [-0.2, -0.15) is 0 Å². The SMILES string of the molecule is COc1ccc2[nH]cc(C3CCN(CC(=O)N(C4CCCC4)C4CCS(=O)(=O)C4)CC3)c2c1. The lowest BCUT2D eigenvalue weighted by Crippen LogP contribution is -2.51. The van der Waals surface area contributed by atoms with Crippen molar-refractivity contribution in [1.29, 1.82) is 0 Å². The fourth-order valence-electron chi connectivity index (χ4n) is 6.14. The molecule has 0 spiro atoms. The third-order valence-corrected chi connectivity index (χ3v) is 9.67. The molecule has 0 bridgehead atoms. The van der Waals surface area contributed by atoms with Gasteiger partial charge in [0.25, 0.3) is 0 Å². The van der Waals surface area contributed by atoms with Crippen molar-refractivity contribution in [2.45, 2.75) is 62.9 Å². The van der Waals surface area contributed by atoms with Gasteiger partial charge in [0.05, 0.1) is 25.2 Å². The number of carbonyl (C=O) groups excluding carboxylic acids is 1. The summed E-state index contributed by atoms with van der Waals surface area (Å²) in [5.74, 6) is 1.81. The first-order chi connectivity index (χ1) is 15.9. The Morgan fingerprint density at radius 2 is 1.88 bits per heavy atom. The van der Waals surface area contributed by atoms with Crippen LogP contribution < -0.4 is 4.74 Å². The van der Waals surface area contributed by atoms with Crippen molar-refractivity contribution in [3.8, 4) is 5.75 Å². The lowest BCUT2D eigenvalue weighted by atomic mass is 9.89. The molecular formula is C25H35N3O4S. The number of fused-ring (bicyclic) bond motifs is 1. The van der Waals surface area contributed by atoms with Crippen molar-refractivity contribution < 1.29 is 17.9 Å². The number of aromatic nitrogens is 1. The van der Waals surface area contributed by atoms with E-state index < -0.39 is 9.84 Å². The van der Waals surface area contributed by atoms with E-state index in [0.717, 1.165) is 62.9 Å². The van der Waals surface area contributed by atoms with Crippen LogP contribution in [0.2, 0.25) is 0 Å². The number of nitrogens with one attached hydrogen (secondary N) is 1. The monoisotopic (exact) mass is 473 g/mol. The molecule has 1 amide bonds. The van der Waals surface area contributed by atoms with E-state index in [9.17, 15) is 13.2 Å². The van der Waals surface area contributed by atoms with E-state index in [0.29, 0.717) is 18.9 Å². The molecule has 0 radical (unpaired) electrons. The Morgan fingerprint density at radius 3 is 2.55 bits per heavy atom. The molecule has 180 valence electrons. The molecule has 1 aliphatic carbocycles. The molecule has 2 aromatic rings. The Hall–Kier alpha value is -2.06. The average molecular weight is 474 g/mol. The van der Waals surface area contributed by atoms with Crippen LogP contribution in [0, 0.1) is 0 Å². The van der Waals surface area contributed by atoms with Crippen molar-refractivity contribution in [2.24, 2.45) is 0 Å². The summed E-state index contributed by atoms with van der Waals surface area (Å²) in [4.78, 5) is 21.1. The van der Waals surface area contributed by atoms with Crippen LogP contribution in [0.5, 0.6) is 5.75 Å². The second kappa shape index (κ2) is 9.29. The van der Waals surface area contributed by atoms with Crippen molar-refractivity contribution in [2.75, 3.05) is 38.2 Å². The zero-order valence-corrected chi connectivity index (χ0v) is 20.3. The maximum atomic E-state index is 13.4. The normalized spacial score (nSPS) is 24.5. The van der Waals surface area contributed by atoms with Gasteiger partial charge in [0.1, 0.15) is 5.75 Å². The maximum Gasteiger partial charge on any atom is 0.237 e. The van der Waals surface area contributed by atoms with Crippen LogP contribution in [0.25, 0.3) is 10.9 Å². The molecule has 1 unspecified atom stereocenters. The maximum absolute atomic E-state index is 13.4. The summed E-state index contributed by atoms with van der Waals surface area (Å²) < 4.78 is 29.6. The summed E-state index contributed by atoms with van der Waals surface area (Å²) in [6, 6.07) is 6.22. The molecule has 3 aliphatic rings. The fourth-order valence-corrected chi connectivity index (χ4v) is 7.86. The van der Waals surface area contributed by atoms with Crippen LogP contribution in [0.1, 0.15) is 56.4 Å². The number of carbonyl (C=O) groups is 1. The number of ether oxygens (including phenoxy) is 1. The summed E-state index contributed by atoms with van der Waals surface area (Å²) in [5.41, 5.74) is 2.46. The molecule has 3 fully saturated rings. The van der Waals surface area contributed by atoms with Crippen molar-refractivity contribution in [3.63, 3.8) is 0 Å². The van der Waals surface area contributed by atoms with E-state index in [4.69, 9.17) is 4.74 Å². The number of aromatic amines is 1. The zero-order valence-electron chi connectivity index (χ0n) is 19.5. The Labute approximate surface area is 196 Å². The average Bonchev–Trinajstić information content (AvgIpc) is 3.54. The van der Waals surface area contributed by atoms with Crippen LogP contribution >= 0.6 is 0 Å². The van der Waals surface area contributed by atoms with Gasteiger partial charge in [-0.1, -0.05) is 12.8 Å². The van der Waals surface area contributed by atoms with Gasteiger partial charge < -0.3 is 14.6 Å². The third kappa shape index (κ3) is 4.78. The number of amides is 1. The molecular weight excluding hydrogens is 438 g/mol. The molecule has 2 saturated heterocycles. The number of H-pyrrole nitrogens is 1. The lowest BCUT2D eigenvalue weighted by Gasteiger charge is -2.37. The number of hydrogen-bond acceptors (Lipinski definition) is 5. The predicted molar refractivity (Wildman–Crippen MR) is 129 cm³/mol. The largest absolute Gasteiger partial charge is 0.497 e. The molecule has 2 aliphatic heterocycles. The number of rotatable bonds is 6. The van der Waals surface area contributed by atoms with Crippen LogP contribution in [0.4, 0.5) is 0 Å². The molecule has 33 heavy (non-hydrogen) atoms. The van der Waals surface area contributed by atoms with Gasteiger partial charge in [-0.25, -0.2) is 8.42 Å². The van der Waals surface area contributed by atoms with E-state index in [1.165, 1.54) is 10.9 Å². The summed E-state index contributed by atoms with van der Waals surface area (Å²) in [5, 5.41) is 1.22. The van der Waals surface area contributed by atoms with Crippen LogP contribution in [-0.4, -0.2) is 79.4 Å². The molecule has 8 heteroatoms.